The molecule has 1 N–H and O–H groups in total. The highest BCUT2D eigenvalue weighted by molar-refractivity contribution is 6.31. The van der Waals surface area contributed by atoms with Gasteiger partial charge >= 0.3 is 0 Å². The van der Waals surface area contributed by atoms with Crippen LogP contribution in [0.4, 0.5) is 0 Å². The van der Waals surface area contributed by atoms with Gasteiger partial charge in [0, 0.05) is 23.2 Å². The maximum atomic E-state index is 6.00. The van der Waals surface area contributed by atoms with E-state index >= 15 is 0 Å². The summed E-state index contributed by atoms with van der Waals surface area (Å²) in [5, 5.41) is 4.18. The first-order chi connectivity index (χ1) is 8.72. The second-order valence-corrected chi connectivity index (χ2v) is 5.17. The van der Waals surface area contributed by atoms with Crippen molar-refractivity contribution in [2.45, 2.75) is 32.4 Å². The van der Waals surface area contributed by atoms with E-state index in [4.69, 9.17) is 16.0 Å². The molecule has 4 heteroatoms. The van der Waals surface area contributed by atoms with E-state index in [1.807, 2.05) is 25.1 Å². The third-order valence-corrected chi connectivity index (χ3v) is 3.53. The molecule has 3 rings (SSSR count). The number of benzene rings is 1. The summed E-state index contributed by atoms with van der Waals surface area (Å²) < 4.78 is 5.50. The Bertz CT molecular complexity index is 561. The summed E-state index contributed by atoms with van der Waals surface area (Å²) in [5.74, 6) is 0.655. The van der Waals surface area contributed by atoms with Crippen molar-refractivity contribution in [3.8, 4) is 11.5 Å². The Hall–Kier alpha value is -1.32. The van der Waals surface area contributed by atoms with Crippen molar-refractivity contribution in [2.75, 3.05) is 0 Å². The first-order valence-electron chi connectivity index (χ1n) is 6.17. The Kier molecular flexibility index (Phi) is 3.10. The molecule has 0 radical (unpaired) electrons. The van der Waals surface area contributed by atoms with Crippen molar-refractivity contribution < 1.29 is 4.42 Å². The Morgan fingerprint density at radius 3 is 3.00 bits per heavy atom. The van der Waals surface area contributed by atoms with E-state index in [0.717, 1.165) is 28.4 Å². The highest BCUT2D eigenvalue weighted by Crippen LogP contribution is 2.24. The second-order valence-electron chi connectivity index (χ2n) is 4.76. The molecule has 0 saturated heterocycles. The van der Waals surface area contributed by atoms with E-state index < -0.39 is 0 Å². The van der Waals surface area contributed by atoms with Gasteiger partial charge in [-0.05, 0) is 43.5 Å². The van der Waals surface area contributed by atoms with Gasteiger partial charge in [-0.25, -0.2) is 4.98 Å². The number of nitrogens with zero attached hydrogens (tertiary/aromatic N) is 1. The predicted molar refractivity (Wildman–Crippen MR) is 71.5 cm³/mol. The monoisotopic (exact) mass is 262 g/mol. The molecule has 0 aliphatic heterocycles. The number of rotatable bonds is 4. The largest absolute Gasteiger partial charge is 0.444 e. The zero-order valence-electron chi connectivity index (χ0n) is 10.2. The molecule has 1 heterocycles. The zero-order valence-corrected chi connectivity index (χ0v) is 11.0. The minimum Gasteiger partial charge on any atom is -0.444 e. The van der Waals surface area contributed by atoms with Crippen LogP contribution < -0.4 is 5.32 Å². The van der Waals surface area contributed by atoms with Gasteiger partial charge in [-0.15, -0.1) is 0 Å². The van der Waals surface area contributed by atoms with Crippen molar-refractivity contribution in [2.24, 2.45) is 0 Å². The van der Waals surface area contributed by atoms with E-state index in [0.29, 0.717) is 11.9 Å². The van der Waals surface area contributed by atoms with Crippen LogP contribution in [0.15, 0.2) is 28.9 Å². The first kappa shape index (κ1) is 11.8. The third kappa shape index (κ3) is 2.57. The summed E-state index contributed by atoms with van der Waals surface area (Å²) in [4.78, 5) is 4.48. The molecule has 0 spiro atoms. The molecule has 1 aromatic carbocycles. The van der Waals surface area contributed by atoms with Crippen molar-refractivity contribution in [3.63, 3.8) is 0 Å². The number of hydrogen-bond acceptors (Lipinski definition) is 3. The van der Waals surface area contributed by atoms with Crippen LogP contribution in [0.2, 0.25) is 5.02 Å². The number of nitrogens with one attached hydrogen (secondary N) is 1. The van der Waals surface area contributed by atoms with E-state index in [2.05, 4.69) is 10.3 Å². The molecular weight excluding hydrogens is 248 g/mol. The van der Waals surface area contributed by atoms with Crippen LogP contribution in [0.5, 0.6) is 0 Å². The molecule has 1 saturated carbocycles. The summed E-state index contributed by atoms with van der Waals surface area (Å²) in [6.07, 6.45) is 4.27. The predicted octanol–water partition coefficient (Wildman–Crippen LogP) is 3.56. The Morgan fingerprint density at radius 2 is 2.28 bits per heavy atom. The molecule has 3 nitrogen and oxygen atoms in total. The molecule has 0 unspecified atom stereocenters. The van der Waals surface area contributed by atoms with Gasteiger partial charge in [-0.2, -0.15) is 0 Å². The summed E-state index contributed by atoms with van der Waals surface area (Å²) in [5.41, 5.74) is 2.95. The van der Waals surface area contributed by atoms with Crippen LogP contribution >= 0.6 is 11.6 Å². The summed E-state index contributed by atoms with van der Waals surface area (Å²) in [6, 6.07) is 6.48. The van der Waals surface area contributed by atoms with Crippen LogP contribution in [0, 0.1) is 6.92 Å². The van der Waals surface area contributed by atoms with E-state index in [1.54, 1.807) is 6.26 Å². The van der Waals surface area contributed by atoms with Gasteiger partial charge in [0.2, 0.25) is 5.89 Å². The Morgan fingerprint density at radius 1 is 1.44 bits per heavy atom. The van der Waals surface area contributed by atoms with Gasteiger partial charge in [0.25, 0.3) is 0 Å². The number of aryl methyl sites for hydroxylation is 1. The Labute approximate surface area is 111 Å². The van der Waals surface area contributed by atoms with E-state index in [1.165, 1.54) is 12.8 Å². The number of hydrogen-bond donors (Lipinski definition) is 1. The fourth-order valence-electron chi connectivity index (χ4n) is 1.83. The van der Waals surface area contributed by atoms with Crippen LogP contribution in [0.3, 0.4) is 0 Å². The fraction of sp³-hybridized carbons (Fsp3) is 0.357. The minimum absolute atomic E-state index is 0.655. The highest BCUT2D eigenvalue weighted by atomic mass is 35.5. The van der Waals surface area contributed by atoms with Crippen LogP contribution in [-0.2, 0) is 6.54 Å². The zero-order chi connectivity index (χ0) is 12.5. The molecule has 1 aliphatic rings. The number of oxazole rings is 1. The third-order valence-electron chi connectivity index (χ3n) is 3.11. The van der Waals surface area contributed by atoms with Crippen LogP contribution in [0.25, 0.3) is 11.5 Å². The molecule has 1 fully saturated rings. The first-order valence-corrected chi connectivity index (χ1v) is 6.54. The van der Waals surface area contributed by atoms with Crippen molar-refractivity contribution in [1.29, 1.82) is 0 Å². The fourth-order valence-corrected chi connectivity index (χ4v) is 1.95. The lowest BCUT2D eigenvalue weighted by Crippen LogP contribution is -2.15. The van der Waals surface area contributed by atoms with Crippen molar-refractivity contribution in [1.82, 2.24) is 10.3 Å². The maximum absolute atomic E-state index is 6.00. The standard InChI is InChI=1S/C14H15ClN2O/c1-9-6-10(2-5-13(9)15)14-17-12(8-18-14)7-16-11-3-4-11/h2,5-6,8,11,16H,3-4,7H2,1H3. The summed E-state index contributed by atoms with van der Waals surface area (Å²) in [7, 11) is 0. The van der Waals surface area contributed by atoms with Gasteiger partial charge in [0.05, 0.1) is 5.69 Å². The van der Waals surface area contributed by atoms with Gasteiger partial charge in [0.1, 0.15) is 6.26 Å². The normalized spacial score (nSPS) is 15.0. The summed E-state index contributed by atoms with van der Waals surface area (Å²) in [6.45, 7) is 2.76. The van der Waals surface area contributed by atoms with Crippen LogP contribution in [0.1, 0.15) is 24.1 Å². The molecule has 1 aliphatic carbocycles. The van der Waals surface area contributed by atoms with Crippen molar-refractivity contribution >= 4 is 11.6 Å². The molecule has 94 valence electrons. The maximum Gasteiger partial charge on any atom is 0.226 e. The average Bonchev–Trinajstić information content (AvgIpc) is 3.08. The number of aromatic nitrogens is 1. The molecule has 1 aromatic heterocycles. The van der Waals surface area contributed by atoms with Gasteiger partial charge in [0.15, 0.2) is 0 Å². The molecule has 2 aromatic rings. The minimum atomic E-state index is 0.655. The quantitative estimate of drug-likeness (QED) is 0.916. The van der Waals surface area contributed by atoms with E-state index in [-0.39, 0.29) is 0 Å². The molecular formula is C14H15ClN2O. The van der Waals surface area contributed by atoms with Crippen LogP contribution in [-0.4, -0.2) is 11.0 Å². The molecule has 0 bridgehead atoms. The Balaban J connectivity index is 1.76. The van der Waals surface area contributed by atoms with Gasteiger partial charge in [-0.3, -0.25) is 0 Å². The average molecular weight is 263 g/mol. The lowest BCUT2D eigenvalue weighted by molar-refractivity contribution is 0.570. The smallest absolute Gasteiger partial charge is 0.226 e. The molecule has 0 atom stereocenters. The van der Waals surface area contributed by atoms with Gasteiger partial charge < -0.3 is 9.73 Å². The van der Waals surface area contributed by atoms with Crippen molar-refractivity contribution in [3.05, 3.63) is 40.7 Å². The van der Waals surface area contributed by atoms with Gasteiger partial charge in [-0.1, -0.05) is 11.6 Å². The topological polar surface area (TPSA) is 38.1 Å². The van der Waals surface area contributed by atoms with E-state index in [9.17, 15) is 0 Å². The second kappa shape index (κ2) is 4.75. The molecule has 18 heavy (non-hydrogen) atoms. The molecule has 0 amide bonds. The summed E-state index contributed by atoms with van der Waals surface area (Å²) >= 11 is 6.00. The highest BCUT2D eigenvalue weighted by Gasteiger charge is 2.20. The number of halogens is 1. The SMILES string of the molecule is Cc1cc(-c2nc(CNC3CC3)co2)ccc1Cl. The lowest BCUT2D eigenvalue weighted by atomic mass is 10.1. The lowest BCUT2D eigenvalue weighted by Gasteiger charge is -2.00.